The number of amides is 1. The van der Waals surface area contributed by atoms with E-state index in [0.717, 1.165) is 11.0 Å². The third kappa shape index (κ3) is 3.30. The molecule has 1 fully saturated rings. The molecule has 2 heterocycles. The summed E-state index contributed by atoms with van der Waals surface area (Å²) in [5.74, 6) is -0.454. The second-order valence-corrected chi connectivity index (χ2v) is 7.99. The summed E-state index contributed by atoms with van der Waals surface area (Å²) < 4.78 is 29.4. The number of β-amino-alcohol motifs (C(OH)–C–C–N with tert-alkyl or cyclic N) is 1. The highest BCUT2D eigenvalue weighted by Gasteiger charge is 2.33. The number of benzene rings is 2. The lowest BCUT2D eigenvalue weighted by molar-refractivity contribution is -0.130. The third-order valence-corrected chi connectivity index (χ3v) is 5.23. The van der Waals surface area contributed by atoms with Gasteiger partial charge < -0.3 is 14.6 Å². The Morgan fingerprint density at radius 2 is 1.63 bits per heavy atom. The maximum absolute atomic E-state index is 13.8. The Bertz CT molecular complexity index is 982. The molecule has 0 saturated carbocycles. The Balaban J connectivity index is 1.75. The second-order valence-electron chi connectivity index (χ2n) is 7.99. The van der Waals surface area contributed by atoms with E-state index >= 15 is 0 Å². The fourth-order valence-electron chi connectivity index (χ4n) is 4.14. The van der Waals surface area contributed by atoms with Crippen LogP contribution >= 0.6 is 0 Å². The lowest BCUT2D eigenvalue weighted by Gasteiger charge is -2.30. The Morgan fingerprint density at radius 3 is 2.11 bits per heavy atom. The van der Waals surface area contributed by atoms with Crippen molar-refractivity contribution in [2.24, 2.45) is 5.92 Å². The van der Waals surface area contributed by atoms with Gasteiger partial charge in [0.05, 0.1) is 18.7 Å². The van der Waals surface area contributed by atoms with Crippen LogP contribution < -0.4 is 0 Å². The standard InChI is InChI=1S/C21H22F2N2O2/c1-13-7-20(26)24(10-13)11-21(2,27)12-25-18-5-3-14(22)8-16(18)17-9-15(23)4-6-19(17)25/h3-6,8-9,13,27H,7,10-12H2,1-2H3. The molecule has 1 amide bonds. The molecular weight excluding hydrogens is 350 g/mol. The maximum atomic E-state index is 13.8. The van der Waals surface area contributed by atoms with E-state index in [9.17, 15) is 18.7 Å². The molecule has 142 valence electrons. The van der Waals surface area contributed by atoms with Crippen molar-refractivity contribution in [2.75, 3.05) is 13.1 Å². The highest BCUT2D eigenvalue weighted by Crippen LogP contribution is 2.32. The van der Waals surface area contributed by atoms with Crippen molar-refractivity contribution in [3.05, 3.63) is 48.0 Å². The van der Waals surface area contributed by atoms with Gasteiger partial charge in [-0.3, -0.25) is 4.79 Å². The van der Waals surface area contributed by atoms with E-state index in [1.165, 1.54) is 24.3 Å². The van der Waals surface area contributed by atoms with Crippen LogP contribution in [-0.2, 0) is 11.3 Å². The Hall–Kier alpha value is -2.47. The number of likely N-dealkylation sites (tertiary alicyclic amines) is 1. The van der Waals surface area contributed by atoms with Crippen LogP contribution in [0.5, 0.6) is 0 Å². The van der Waals surface area contributed by atoms with Gasteiger partial charge in [-0.15, -0.1) is 0 Å². The molecule has 1 N–H and O–H groups in total. The number of nitrogens with zero attached hydrogens (tertiary/aromatic N) is 2. The Labute approximate surface area is 156 Å². The van der Waals surface area contributed by atoms with Gasteiger partial charge in [0.25, 0.3) is 0 Å². The summed E-state index contributed by atoms with van der Waals surface area (Å²) in [7, 11) is 0. The number of rotatable bonds is 4. The second kappa shape index (κ2) is 6.30. The predicted molar refractivity (Wildman–Crippen MR) is 100 cm³/mol. The van der Waals surface area contributed by atoms with Gasteiger partial charge in [0.15, 0.2) is 0 Å². The lowest BCUT2D eigenvalue weighted by Crippen LogP contribution is -2.44. The summed E-state index contributed by atoms with van der Waals surface area (Å²) in [5, 5.41) is 12.2. The van der Waals surface area contributed by atoms with Crippen LogP contribution in [0.1, 0.15) is 20.3 Å². The average Bonchev–Trinajstić information content (AvgIpc) is 3.03. The van der Waals surface area contributed by atoms with Gasteiger partial charge >= 0.3 is 0 Å². The Kier molecular flexibility index (Phi) is 4.18. The van der Waals surface area contributed by atoms with Crippen LogP contribution in [0.4, 0.5) is 8.78 Å². The number of halogens is 2. The fourth-order valence-corrected chi connectivity index (χ4v) is 4.14. The number of fused-ring (bicyclic) bond motifs is 3. The zero-order valence-corrected chi connectivity index (χ0v) is 15.4. The van der Waals surface area contributed by atoms with Crippen LogP contribution in [-0.4, -0.2) is 39.2 Å². The molecule has 1 aliphatic heterocycles. The summed E-state index contributed by atoms with van der Waals surface area (Å²) in [6.45, 7) is 4.78. The van der Waals surface area contributed by atoms with Gasteiger partial charge in [-0.1, -0.05) is 6.92 Å². The van der Waals surface area contributed by atoms with Crippen LogP contribution in [0.25, 0.3) is 21.8 Å². The highest BCUT2D eigenvalue weighted by molar-refractivity contribution is 6.08. The van der Waals surface area contributed by atoms with Crippen molar-refractivity contribution in [3.63, 3.8) is 0 Å². The first kappa shape index (κ1) is 17.9. The molecule has 2 aromatic carbocycles. The first-order chi connectivity index (χ1) is 12.7. The van der Waals surface area contributed by atoms with Gasteiger partial charge in [-0.2, -0.15) is 0 Å². The number of aliphatic hydroxyl groups is 1. The minimum Gasteiger partial charge on any atom is -0.386 e. The normalized spacial score (nSPS) is 20.0. The van der Waals surface area contributed by atoms with Crippen LogP contribution in [0.2, 0.25) is 0 Å². The molecule has 0 bridgehead atoms. The van der Waals surface area contributed by atoms with Gasteiger partial charge in [-0.25, -0.2) is 8.78 Å². The number of aromatic nitrogens is 1. The summed E-state index contributed by atoms with van der Waals surface area (Å²) in [5.41, 5.74) is 0.262. The zero-order valence-electron chi connectivity index (χ0n) is 15.4. The molecule has 4 nitrogen and oxygen atoms in total. The van der Waals surface area contributed by atoms with E-state index in [2.05, 4.69) is 0 Å². The molecule has 27 heavy (non-hydrogen) atoms. The number of carbonyl (C=O) groups excluding carboxylic acids is 1. The maximum Gasteiger partial charge on any atom is 0.223 e. The summed E-state index contributed by atoms with van der Waals surface area (Å²) in [6.07, 6.45) is 0.504. The van der Waals surface area contributed by atoms with Gasteiger partial charge in [-0.05, 0) is 49.2 Å². The lowest BCUT2D eigenvalue weighted by atomic mass is 10.1. The van der Waals surface area contributed by atoms with Gasteiger partial charge in [0.2, 0.25) is 5.91 Å². The molecule has 1 aromatic heterocycles. The number of carbonyl (C=O) groups is 1. The zero-order chi connectivity index (χ0) is 19.3. The summed E-state index contributed by atoms with van der Waals surface area (Å²) >= 11 is 0. The van der Waals surface area contributed by atoms with Gasteiger partial charge in [0, 0.05) is 34.8 Å². The Morgan fingerprint density at radius 1 is 1.07 bits per heavy atom. The molecule has 2 atom stereocenters. The smallest absolute Gasteiger partial charge is 0.223 e. The van der Waals surface area contributed by atoms with Crippen molar-refractivity contribution in [1.29, 1.82) is 0 Å². The topological polar surface area (TPSA) is 45.5 Å². The first-order valence-electron chi connectivity index (χ1n) is 9.11. The van der Waals surface area contributed by atoms with Crippen molar-refractivity contribution >= 4 is 27.7 Å². The molecule has 1 aliphatic rings. The van der Waals surface area contributed by atoms with E-state index < -0.39 is 17.2 Å². The molecule has 1 saturated heterocycles. The summed E-state index contributed by atoms with van der Waals surface area (Å²) in [4.78, 5) is 13.8. The number of hydrogen-bond acceptors (Lipinski definition) is 2. The molecule has 6 heteroatoms. The van der Waals surface area contributed by atoms with E-state index in [1.54, 1.807) is 24.0 Å². The first-order valence-corrected chi connectivity index (χ1v) is 9.11. The van der Waals surface area contributed by atoms with E-state index in [1.807, 2.05) is 11.5 Å². The van der Waals surface area contributed by atoms with Gasteiger partial charge in [0.1, 0.15) is 11.6 Å². The van der Waals surface area contributed by atoms with Crippen LogP contribution in [0, 0.1) is 17.6 Å². The molecule has 2 unspecified atom stereocenters. The highest BCUT2D eigenvalue weighted by atomic mass is 19.1. The molecule has 0 spiro atoms. The molecular formula is C21H22F2N2O2. The SMILES string of the molecule is CC1CC(=O)N(CC(C)(O)Cn2c3ccc(F)cc3c3cc(F)ccc32)C1. The van der Waals surface area contributed by atoms with Crippen LogP contribution in [0.15, 0.2) is 36.4 Å². The molecule has 3 aromatic rings. The largest absolute Gasteiger partial charge is 0.386 e. The monoisotopic (exact) mass is 372 g/mol. The predicted octanol–water partition coefficient (Wildman–Crippen LogP) is 3.69. The van der Waals surface area contributed by atoms with E-state index in [0.29, 0.717) is 23.7 Å². The van der Waals surface area contributed by atoms with E-state index in [4.69, 9.17) is 0 Å². The molecule has 4 rings (SSSR count). The van der Waals surface area contributed by atoms with Crippen molar-refractivity contribution in [1.82, 2.24) is 9.47 Å². The van der Waals surface area contributed by atoms with Crippen molar-refractivity contribution in [3.8, 4) is 0 Å². The minimum atomic E-state index is -1.18. The van der Waals surface area contributed by atoms with E-state index in [-0.39, 0.29) is 24.9 Å². The van der Waals surface area contributed by atoms with Crippen molar-refractivity contribution < 1.29 is 18.7 Å². The van der Waals surface area contributed by atoms with Crippen LogP contribution in [0.3, 0.4) is 0 Å². The molecule has 0 radical (unpaired) electrons. The minimum absolute atomic E-state index is 0.0501. The number of hydrogen-bond donors (Lipinski definition) is 1. The third-order valence-electron chi connectivity index (χ3n) is 5.23. The van der Waals surface area contributed by atoms with Crippen molar-refractivity contribution in [2.45, 2.75) is 32.4 Å². The molecule has 0 aliphatic carbocycles. The average molecular weight is 372 g/mol. The fraction of sp³-hybridized carbons (Fsp3) is 0.381. The quantitative estimate of drug-likeness (QED) is 0.759. The summed E-state index contributed by atoms with van der Waals surface area (Å²) in [6, 6.07) is 8.76.